The number of benzene rings is 2. The number of aryl methyl sites for hydroxylation is 1. The Morgan fingerprint density at radius 3 is 2.64 bits per heavy atom. The van der Waals surface area contributed by atoms with E-state index in [1.807, 2.05) is 12.1 Å². The zero-order valence-corrected chi connectivity index (χ0v) is 14.5. The molecule has 1 aromatic heterocycles. The molecule has 25 heavy (non-hydrogen) atoms. The van der Waals surface area contributed by atoms with Gasteiger partial charge in [-0.3, -0.25) is 14.3 Å². The van der Waals surface area contributed by atoms with E-state index in [2.05, 4.69) is 10.4 Å². The summed E-state index contributed by atoms with van der Waals surface area (Å²) in [4.78, 5) is 25.0. The van der Waals surface area contributed by atoms with Gasteiger partial charge in [-0.15, -0.1) is 0 Å². The summed E-state index contributed by atoms with van der Waals surface area (Å²) >= 11 is 5.96. The summed E-state index contributed by atoms with van der Waals surface area (Å²) in [6.07, 6.45) is 0. The predicted octanol–water partition coefficient (Wildman–Crippen LogP) is 2.53. The Balaban J connectivity index is 1.86. The van der Waals surface area contributed by atoms with Crippen LogP contribution in [-0.2, 0) is 13.6 Å². The Morgan fingerprint density at radius 2 is 1.96 bits per heavy atom. The van der Waals surface area contributed by atoms with Crippen molar-refractivity contribution in [3.8, 4) is 5.75 Å². The number of hydrogen-bond donors (Lipinski definition) is 1. The van der Waals surface area contributed by atoms with E-state index >= 15 is 0 Å². The molecule has 7 heteroatoms. The minimum atomic E-state index is -0.529. The Bertz CT molecular complexity index is 997. The molecule has 2 aromatic carbocycles. The molecule has 0 atom stereocenters. The fourth-order valence-electron chi connectivity index (χ4n) is 2.51. The number of nitrogens with zero attached hydrogens (tertiary/aromatic N) is 2. The van der Waals surface area contributed by atoms with Crippen molar-refractivity contribution in [3.05, 3.63) is 69.0 Å². The highest BCUT2D eigenvalue weighted by atomic mass is 35.5. The molecular formula is C18H16ClN3O3. The number of hydrogen-bond acceptors (Lipinski definition) is 4. The molecule has 0 fully saturated rings. The second kappa shape index (κ2) is 6.94. The van der Waals surface area contributed by atoms with Crippen molar-refractivity contribution in [1.29, 1.82) is 0 Å². The van der Waals surface area contributed by atoms with E-state index in [1.165, 1.54) is 4.68 Å². The molecule has 6 nitrogen and oxygen atoms in total. The van der Waals surface area contributed by atoms with Crippen LogP contribution in [0.4, 0.5) is 0 Å². The van der Waals surface area contributed by atoms with Gasteiger partial charge in [0.25, 0.3) is 5.91 Å². The van der Waals surface area contributed by atoms with Crippen LogP contribution in [0.1, 0.15) is 16.1 Å². The molecule has 1 N–H and O–H groups in total. The summed E-state index contributed by atoms with van der Waals surface area (Å²) in [6.45, 7) is 0.279. The third-order valence-electron chi connectivity index (χ3n) is 3.84. The second-order valence-electron chi connectivity index (χ2n) is 5.49. The molecule has 0 saturated carbocycles. The van der Waals surface area contributed by atoms with Gasteiger partial charge in [0.2, 0.25) is 5.43 Å². The number of carbonyl (C=O) groups excluding carboxylic acids is 1. The van der Waals surface area contributed by atoms with Gasteiger partial charge in [-0.1, -0.05) is 23.7 Å². The predicted molar refractivity (Wildman–Crippen MR) is 96.2 cm³/mol. The van der Waals surface area contributed by atoms with Crippen LogP contribution >= 0.6 is 11.6 Å². The Labute approximate surface area is 149 Å². The maximum atomic E-state index is 12.6. The SMILES string of the molecule is COc1ccc(CNC(=O)c2nn(C)c3ccc(Cl)cc3c2=O)cc1. The molecular weight excluding hydrogens is 342 g/mol. The van der Waals surface area contributed by atoms with Crippen LogP contribution in [0.25, 0.3) is 10.9 Å². The van der Waals surface area contributed by atoms with Crippen LogP contribution in [0.15, 0.2) is 47.3 Å². The van der Waals surface area contributed by atoms with Gasteiger partial charge in [-0.05, 0) is 35.9 Å². The molecule has 1 heterocycles. The first kappa shape index (κ1) is 17.0. The summed E-state index contributed by atoms with van der Waals surface area (Å²) < 4.78 is 6.59. The number of rotatable bonds is 4. The van der Waals surface area contributed by atoms with E-state index in [9.17, 15) is 9.59 Å². The lowest BCUT2D eigenvalue weighted by molar-refractivity contribution is 0.0943. The quantitative estimate of drug-likeness (QED) is 0.778. The Hall–Kier alpha value is -2.86. The van der Waals surface area contributed by atoms with E-state index < -0.39 is 11.3 Å². The van der Waals surface area contributed by atoms with Crippen LogP contribution in [-0.4, -0.2) is 22.8 Å². The van der Waals surface area contributed by atoms with Gasteiger partial charge >= 0.3 is 0 Å². The molecule has 3 aromatic rings. The average molecular weight is 358 g/mol. The smallest absolute Gasteiger partial charge is 0.276 e. The molecule has 0 radical (unpaired) electrons. The third-order valence-corrected chi connectivity index (χ3v) is 4.08. The molecule has 0 aliphatic carbocycles. The number of ether oxygens (including phenoxy) is 1. The lowest BCUT2D eigenvalue weighted by atomic mass is 10.2. The average Bonchev–Trinajstić information content (AvgIpc) is 2.63. The summed E-state index contributed by atoms with van der Waals surface area (Å²) in [5.74, 6) is 0.204. The molecule has 3 rings (SSSR count). The highest BCUT2D eigenvalue weighted by molar-refractivity contribution is 6.31. The number of halogens is 1. The van der Waals surface area contributed by atoms with Crippen molar-refractivity contribution in [3.63, 3.8) is 0 Å². The van der Waals surface area contributed by atoms with Crippen LogP contribution in [0, 0.1) is 0 Å². The number of amides is 1. The molecule has 0 saturated heterocycles. The maximum Gasteiger partial charge on any atom is 0.276 e. The summed E-state index contributed by atoms with van der Waals surface area (Å²) in [7, 11) is 3.26. The first-order valence-electron chi connectivity index (χ1n) is 7.57. The number of aromatic nitrogens is 2. The standard InChI is InChI=1S/C18H16ClN3O3/c1-22-15-8-5-12(19)9-14(15)17(23)16(21-22)18(24)20-10-11-3-6-13(25-2)7-4-11/h3-9H,10H2,1-2H3,(H,20,24). The van der Waals surface area contributed by atoms with Gasteiger partial charge < -0.3 is 10.1 Å². The fraction of sp³-hybridized carbons (Fsp3) is 0.167. The molecule has 1 amide bonds. The van der Waals surface area contributed by atoms with Crippen molar-refractivity contribution in [2.45, 2.75) is 6.54 Å². The van der Waals surface area contributed by atoms with E-state index in [-0.39, 0.29) is 12.2 Å². The van der Waals surface area contributed by atoms with Gasteiger partial charge in [-0.25, -0.2) is 0 Å². The minimum absolute atomic E-state index is 0.161. The van der Waals surface area contributed by atoms with Crippen molar-refractivity contribution >= 4 is 28.4 Å². The molecule has 0 spiro atoms. The minimum Gasteiger partial charge on any atom is -0.497 e. The summed E-state index contributed by atoms with van der Waals surface area (Å²) in [6, 6.07) is 12.2. The molecule has 0 aliphatic heterocycles. The first-order valence-corrected chi connectivity index (χ1v) is 7.95. The molecule has 0 bridgehead atoms. The third kappa shape index (κ3) is 3.49. The van der Waals surface area contributed by atoms with Crippen LogP contribution in [0.3, 0.4) is 0 Å². The molecule has 0 unspecified atom stereocenters. The largest absolute Gasteiger partial charge is 0.497 e. The topological polar surface area (TPSA) is 73.2 Å². The maximum absolute atomic E-state index is 12.6. The van der Waals surface area contributed by atoms with Gasteiger partial charge in [0.05, 0.1) is 18.0 Å². The number of nitrogens with one attached hydrogen (secondary N) is 1. The van der Waals surface area contributed by atoms with Crippen molar-refractivity contribution < 1.29 is 9.53 Å². The van der Waals surface area contributed by atoms with E-state index in [4.69, 9.17) is 16.3 Å². The van der Waals surface area contributed by atoms with Gasteiger partial charge in [0.1, 0.15) is 5.75 Å². The Kier molecular flexibility index (Phi) is 4.72. The lowest BCUT2D eigenvalue weighted by Gasteiger charge is -2.09. The van der Waals surface area contributed by atoms with Crippen LogP contribution in [0.5, 0.6) is 5.75 Å². The first-order chi connectivity index (χ1) is 12.0. The lowest BCUT2D eigenvalue weighted by Crippen LogP contribution is -2.31. The second-order valence-corrected chi connectivity index (χ2v) is 5.93. The van der Waals surface area contributed by atoms with Crippen LogP contribution < -0.4 is 15.5 Å². The molecule has 0 aliphatic rings. The van der Waals surface area contributed by atoms with Crippen molar-refractivity contribution in [2.75, 3.05) is 7.11 Å². The van der Waals surface area contributed by atoms with Gasteiger partial charge in [0.15, 0.2) is 5.69 Å². The van der Waals surface area contributed by atoms with Crippen molar-refractivity contribution in [1.82, 2.24) is 15.1 Å². The van der Waals surface area contributed by atoms with Gasteiger partial charge in [-0.2, -0.15) is 5.10 Å². The summed E-state index contributed by atoms with van der Waals surface area (Å²) in [5, 5.41) is 7.60. The van der Waals surface area contributed by atoms with Crippen molar-refractivity contribution in [2.24, 2.45) is 7.05 Å². The zero-order valence-electron chi connectivity index (χ0n) is 13.7. The molecule has 128 valence electrons. The normalized spacial score (nSPS) is 10.7. The van der Waals surface area contributed by atoms with E-state index in [0.29, 0.717) is 15.9 Å². The van der Waals surface area contributed by atoms with Gasteiger partial charge in [0, 0.05) is 18.6 Å². The van der Waals surface area contributed by atoms with E-state index in [0.717, 1.165) is 11.3 Å². The number of fused-ring (bicyclic) bond motifs is 1. The summed E-state index contributed by atoms with van der Waals surface area (Å²) in [5.41, 5.74) is 0.893. The van der Waals surface area contributed by atoms with E-state index in [1.54, 1.807) is 44.5 Å². The zero-order chi connectivity index (χ0) is 18.0. The van der Waals surface area contributed by atoms with Crippen LogP contribution in [0.2, 0.25) is 5.02 Å². The number of methoxy groups -OCH3 is 1. The highest BCUT2D eigenvalue weighted by Gasteiger charge is 2.16. The fourth-order valence-corrected chi connectivity index (χ4v) is 2.68. The highest BCUT2D eigenvalue weighted by Crippen LogP contribution is 2.16. The number of carbonyl (C=O) groups is 1. The monoisotopic (exact) mass is 357 g/mol. The Morgan fingerprint density at radius 1 is 1.24 bits per heavy atom.